The van der Waals surface area contributed by atoms with Gasteiger partial charge in [0, 0.05) is 0 Å². The van der Waals surface area contributed by atoms with E-state index < -0.39 is 5.31 Å². The van der Waals surface area contributed by atoms with Crippen molar-refractivity contribution in [2.45, 2.75) is 65.0 Å². The van der Waals surface area contributed by atoms with Crippen LogP contribution in [-0.2, 0) is 0 Å². The normalized spacial score (nSPS) is 14.9. The standard InChI is InChI=1S/C21H36BrP/c1-5-9-17-23(22,18-10-6-2,19-11-7-3)21(8-4)20-15-13-12-14-16-20/h8,12-16,21H,4-7,9-11,17-19H2,1-3H3. The second-order valence-electron chi connectivity index (χ2n) is 7.00. The van der Waals surface area contributed by atoms with Gasteiger partial charge in [0.25, 0.3) is 0 Å². The number of benzene rings is 1. The molecule has 0 aromatic heterocycles. The number of hydrogen-bond acceptors (Lipinski definition) is 0. The van der Waals surface area contributed by atoms with E-state index >= 15 is 0 Å². The van der Waals surface area contributed by atoms with Gasteiger partial charge in [-0.25, -0.2) is 0 Å². The Labute approximate surface area is 152 Å². The van der Waals surface area contributed by atoms with Crippen LogP contribution in [-0.4, -0.2) is 18.5 Å². The van der Waals surface area contributed by atoms with Crippen LogP contribution in [0.2, 0.25) is 0 Å². The first kappa shape index (κ1) is 20.9. The minimum atomic E-state index is -2.03. The molecule has 0 radical (unpaired) electrons. The maximum atomic E-state index is 4.52. The molecule has 2 heteroatoms. The molecule has 0 N–H and O–H groups in total. The zero-order chi connectivity index (χ0) is 17.2. The van der Waals surface area contributed by atoms with Crippen molar-refractivity contribution < 1.29 is 0 Å². The molecule has 0 aliphatic heterocycles. The summed E-state index contributed by atoms with van der Waals surface area (Å²) in [6.45, 7) is 11.2. The minimum absolute atomic E-state index is 0.492. The molecule has 23 heavy (non-hydrogen) atoms. The van der Waals surface area contributed by atoms with Gasteiger partial charge in [0.15, 0.2) is 0 Å². The summed E-state index contributed by atoms with van der Waals surface area (Å²) in [6.07, 6.45) is 14.1. The average Bonchev–Trinajstić information content (AvgIpc) is 2.59. The van der Waals surface area contributed by atoms with E-state index in [2.05, 4.69) is 79.2 Å². The average molecular weight is 399 g/mol. The van der Waals surface area contributed by atoms with Crippen LogP contribution in [0.15, 0.2) is 43.0 Å². The van der Waals surface area contributed by atoms with Crippen molar-refractivity contribution in [3.05, 3.63) is 48.6 Å². The van der Waals surface area contributed by atoms with E-state index in [4.69, 9.17) is 0 Å². The molecule has 0 heterocycles. The first-order valence-corrected chi connectivity index (χ1v) is 14.3. The molecule has 0 aliphatic carbocycles. The van der Waals surface area contributed by atoms with E-state index in [0.29, 0.717) is 5.66 Å². The summed E-state index contributed by atoms with van der Waals surface area (Å²) in [7, 11) is 0. The van der Waals surface area contributed by atoms with Gasteiger partial charge in [0.2, 0.25) is 0 Å². The van der Waals surface area contributed by atoms with Gasteiger partial charge in [-0.1, -0.05) is 0 Å². The molecular weight excluding hydrogens is 363 g/mol. The van der Waals surface area contributed by atoms with Crippen molar-refractivity contribution in [1.29, 1.82) is 0 Å². The summed E-state index contributed by atoms with van der Waals surface area (Å²) in [4.78, 5) is 0. The molecule has 0 bridgehead atoms. The maximum absolute atomic E-state index is 4.52. The van der Waals surface area contributed by atoms with Crippen molar-refractivity contribution in [2.75, 3.05) is 18.5 Å². The van der Waals surface area contributed by atoms with Crippen LogP contribution < -0.4 is 0 Å². The Morgan fingerprint density at radius 2 is 1.35 bits per heavy atom. The van der Waals surface area contributed by atoms with Gasteiger partial charge in [-0.2, -0.15) is 0 Å². The topological polar surface area (TPSA) is 0 Å². The molecule has 0 fully saturated rings. The van der Waals surface area contributed by atoms with E-state index in [1.54, 1.807) is 0 Å². The summed E-state index contributed by atoms with van der Waals surface area (Å²) in [5, 5.41) is -2.03. The van der Waals surface area contributed by atoms with Gasteiger partial charge in [0.05, 0.1) is 0 Å². The van der Waals surface area contributed by atoms with Crippen molar-refractivity contribution >= 4 is 20.8 Å². The van der Waals surface area contributed by atoms with Crippen LogP contribution in [0.4, 0.5) is 0 Å². The summed E-state index contributed by atoms with van der Waals surface area (Å²) in [5.74, 6) is 0. The van der Waals surface area contributed by atoms with Crippen LogP contribution in [0, 0.1) is 0 Å². The second-order valence-corrected chi connectivity index (χ2v) is 18.0. The fourth-order valence-electron chi connectivity index (χ4n) is 3.77. The van der Waals surface area contributed by atoms with Gasteiger partial charge in [-0.3, -0.25) is 0 Å². The first-order chi connectivity index (χ1) is 11.0. The molecule has 1 aromatic rings. The Hall–Kier alpha value is -0.130. The summed E-state index contributed by atoms with van der Waals surface area (Å²) in [5.41, 5.74) is 1.95. The van der Waals surface area contributed by atoms with Gasteiger partial charge in [0.1, 0.15) is 0 Å². The number of halogens is 1. The molecule has 0 saturated heterocycles. The van der Waals surface area contributed by atoms with Crippen LogP contribution in [0.1, 0.15) is 70.5 Å². The quantitative estimate of drug-likeness (QED) is 0.246. The summed E-state index contributed by atoms with van der Waals surface area (Å²) >= 11 is 4.52. The Bertz CT molecular complexity index is 430. The third kappa shape index (κ3) is 5.43. The van der Waals surface area contributed by atoms with Gasteiger partial charge < -0.3 is 0 Å². The molecular formula is C21H36BrP. The Morgan fingerprint density at radius 3 is 1.70 bits per heavy atom. The Balaban J connectivity index is 3.33. The van der Waals surface area contributed by atoms with Gasteiger partial charge in [-0.15, -0.1) is 0 Å². The zero-order valence-electron chi connectivity index (χ0n) is 15.4. The zero-order valence-corrected chi connectivity index (χ0v) is 17.9. The number of allylic oxidation sites excluding steroid dienone is 1. The van der Waals surface area contributed by atoms with Crippen LogP contribution in [0.5, 0.6) is 0 Å². The first-order valence-electron chi connectivity index (χ1n) is 9.44. The molecule has 0 aliphatic rings. The van der Waals surface area contributed by atoms with Crippen LogP contribution in [0.3, 0.4) is 0 Å². The predicted molar refractivity (Wildman–Crippen MR) is 115 cm³/mol. The van der Waals surface area contributed by atoms with Crippen molar-refractivity contribution in [2.24, 2.45) is 0 Å². The van der Waals surface area contributed by atoms with E-state index in [-0.39, 0.29) is 0 Å². The monoisotopic (exact) mass is 398 g/mol. The van der Waals surface area contributed by atoms with Crippen molar-refractivity contribution in [3.8, 4) is 0 Å². The van der Waals surface area contributed by atoms with Gasteiger partial charge >= 0.3 is 153 Å². The summed E-state index contributed by atoms with van der Waals surface area (Å²) in [6, 6.07) is 11.1. The van der Waals surface area contributed by atoms with Crippen LogP contribution in [0.25, 0.3) is 0 Å². The SMILES string of the molecule is C=CC(c1ccccc1)P(Br)(CCCC)(CCCC)CCCC. The molecule has 0 spiro atoms. The van der Waals surface area contributed by atoms with E-state index in [0.717, 1.165) is 0 Å². The van der Waals surface area contributed by atoms with E-state index in [9.17, 15) is 0 Å². The van der Waals surface area contributed by atoms with E-state index in [1.165, 1.54) is 62.6 Å². The summed E-state index contributed by atoms with van der Waals surface area (Å²) < 4.78 is 0. The van der Waals surface area contributed by atoms with Crippen molar-refractivity contribution in [1.82, 2.24) is 0 Å². The Morgan fingerprint density at radius 1 is 0.913 bits per heavy atom. The molecule has 1 unspecified atom stereocenters. The Kier molecular flexibility index (Phi) is 9.09. The molecule has 0 nitrogen and oxygen atoms in total. The molecule has 0 amide bonds. The third-order valence-corrected chi connectivity index (χ3v) is 15.7. The number of hydrogen-bond donors (Lipinski definition) is 0. The fraction of sp³-hybridized carbons (Fsp3) is 0.619. The fourth-order valence-corrected chi connectivity index (χ4v) is 13.4. The molecule has 1 aromatic carbocycles. The molecule has 0 saturated carbocycles. The molecule has 1 atom stereocenters. The molecule has 132 valence electrons. The van der Waals surface area contributed by atoms with Crippen LogP contribution >= 0.6 is 20.8 Å². The third-order valence-electron chi connectivity index (χ3n) is 5.18. The second kappa shape index (κ2) is 10.00. The number of unbranched alkanes of at least 4 members (excludes halogenated alkanes) is 3. The molecule has 1 rings (SSSR count). The van der Waals surface area contributed by atoms with Crippen molar-refractivity contribution in [3.63, 3.8) is 0 Å². The predicted octanol–water partition coefficient (Wildman–Crippen LogP) is 8.18. The number of rotatable bonds is 12. The van der Waals surface area contributed by atoms with E-state index in [1.807, 2.05) is 0 Å². The van der Waals surface area contributed by atoms with Gasteiger partial charge in [-0.05, 0) is 0 Å².